The smallest absolute Gasteiger partial charge is 0.210 e. The summed E-state index contributed by atoms with van der Waals surface area (Å²) in [5.41, 5.74) is -0.626. The van der Waals surface area contributed by atoms with Crippen LogP contribution in [-0.4, -0.2) is 15.0 Å². The van der Waals surface area contributed by atoms with Crippen molar-refractivity contribution in [3.8, 4) is 0 Å². The summed E-state index contributed by atoms with van der Waals surface area (Å²) in [6, 6.07) is 9.74. The Morgan fingerprint density at radius 3 is 2.24 bits per heavy atom. The Balaban J connectivity index is 1.88. The first-order chi connectivity index (χ1) is 11.6. The zero-order valence-corrected chi connectivity index (χ0v) is 16.2. The highest BCUT2D eigenvalue weighted by atomic mass is 79.9. The van der Waals surface area contributed by atoms with Crippen molar-refractivity contribution in [2.24, 2.45) is 5.41 Å². The molecule has 1 aliphatic rings. The van der Waals surface area contributed by atoms with Crippen molar-refractivity contribution in [2.45, 2.75) is 30.6 Å². The molecule has 0 aromatic heterocycles. The Hall–Kier alpha value is -1.31. The molecule has 134 valence electrons. The van der Waals surface area contributed by atoms with E-state index >= 15 is 0 Å². The van der Waals surface area contributed by atoms with Gasteiger partial charge in [0.2, 0.25) is 10.0 Å². The van der Waals surface area contributed by atoms with Crippen LogP contribution in [0, 0.1) is 17.0 Å². The summed E-state index contributed by atoms with van der Waals surface area (Å²) in [6.45, 7) is 3.95. The molecule has 0 saturated heterocycles. The molecule has 1 N–H and O–H groups in total. The van der Waals surface area contributed by atoms with E-state index in [0.29, 0.717) is 12.0 Å². The van der Waals surface area contributed by atoms with Gasteiger partial charge in [0.15, 0.2) is 0 Å². The molecule has 0 bridgehead atoms. The molecule has 0 aliphatic heterocycles. The van der Waals surface area contributed by atoms with Gasteiger partial charge in [0.25, 0.3) is 0 Å². The van der Waals surface area contributed by atoms with Crippen LogP contribution < -0.4 is 4.72 Å². The summed E-state index contributed by atoms with van der Waals surface area (Å²) in [5, 5.41) is 0. The molecular formula is C18H18BrF2NO2S. The van der Waals surface area contributed by atoms with E-state index in [9.17, 15) is 17.2 Å². The van der Waals surface area contributed by atoms with Crippen LogP contribution in [0.25, 0.3) is 0 Å². The molecule has 1 saturated carbocycles. The van der Waals surface area contributed by atoms with Crippen LogP contribution in [0.1, 0.15) is 25.8 Å². The maximum absolute atomic E-state index is 14.3. The monoisotopic (exact) mass is 429 g/mol. The Labute approximate surface area is 154 Å². The Kier molecular flexibility index (Phi) is 4.54. The van der Waals surface area contributed by atoms with Gasteiger partial charge < -0.3 is 0 Å². The third kappa shape index (κ3) is 3.37. The van der Waals surface area contributed by atoms with Gasteiger partial charge in [-0.2, -0.15) is 0 Å². The number of benzene rings is 2. The normalized spacial score (nSPS) is 22.0. The first-order valence-corrected chi connectivity index (χ1v) is 10.1. The van der Waals surface area contributed by atoms with Crippen molar-refractivity contribution in [1.29, 1.82) is 0 Å². The van der Waals surface area contributed by atoms with Crippen LogP contribution >= 0.6 is 15.9 Å². The van der Waals surface area contributed by atoms with Crippen LogP contribution in [0.4, 0.5) is 8.78 Å². The lowest BCUT2D eigenvalue weighted by Crippen LogP contribution is -2.35. The summed E-state index contributed by atoms with van der Waals surface area (Å²) < 4.78 is 55.9. The van der Waals surface area contributed by atoms with Gasteiger partial charge in [-0.05, 0) is 47.7 Å². The number of nitrogens with one attached hydrogen (secondary N) is 1. The molecule has 0 amide bonds. The highest BCUT2D eigenvalue weighted by molar-refractivity contribution is 9.10. The van der Waals surface area contributed by atoms with Gasteiger partial charge in [-0.1, -0.05) is 35.8 Å². The van der Waals surface area contributed by atoms with Gasteiger partial charge in [0.05, 0.1) is 4.90 Å². The van der Waals surface area contributed by atoms with E-state index in [2.05, 4.69) is 20.7 Å². The van der Waals surface area contributed by atoms with Crippen LogP contribution in [0.15, 0.2) is 51.8 Å². The molecule has 3 rings (SSSR count). The summed E-state index contributed by atoms with van der Waals surface area (Å²) in [4.78, 5) is 0.142. The van der Waals surface area contributed by atoms with E-state index < -0.39 is 27.1 Å². The van der Waals surface area contributed by atoms with Gasteiger partial charge in [0.1, 0.15) is 11.6 Å². The topological polar surface area (TPSA) is 46.2 Å². The molecule has 2 aromatic rings. The first kappa shape index (κ1) is 18.5. The zero-order chi connectivity index (χ0) is 18.5. The largest absolute Gasteiger partial charge is 0.240 e. The molecule has 25 heavy (non-hydrogen) atoms. The fourth-order valence-electron chi connectivity index (χ4n) is 3.36. The quantitative estimate of drug-likeness (QED) is 0.766. The molecular weight excluding hydrogens is 412 g/mol. The van der Waals surface area contributed by atoms with E-state index in [1.165, 1.54) is 24.3 Å². The molecule has 1 unspecified atom stereocenters. The average molecular weight is 430 g/mol. The Bertz CT molecular complexity index is 913. The van der Waals surface area contributed by atoms with Crippen molar-refractivity contribution in [3.05, 3.63) is 64.1 Å². The predicted molar refractivity (Wildman–Crippen MR) is 95.8 cm³/mol. The second kappa shape index (κ2) is 6.14. The minimum Gasteiger partial charge on any atom is -0.210 e. The van der Waals surface area contributed by atoms with Crippen molar-refractivity contribution in [1.82, 2.24) is 4.72 Å². The fourth-order valence-corrected chi connectivity index (χ4v) is 4.72. The summed E-state index contributed by atoms with van der Waals surface area (Å²) in [5.74, 6) is -1.29. The summed E-state index contributed by atoms with van der Waals surface area (Å²) in [6.07, 6.45) is 0.616. The Morgan fingerprint density at radius 1 is 1.12 bits per heavy atom. The number of sulfonamides is 1. The van der Waals surface area contributed by atoms with Crippen molar-refractivity contribution in [3.63, 3.8) is 0 Å². The highest BCUT2D eigenvalue weighted by Crippen LogP contribution is 2.64. The predicted octanol–water partition coefficient (Wildman–Crippen LogP) is 4.37. The lowest BCUT2D eigenvalue weighted by atomic mass is 9.87. The summed E-state index contributed by atoms with van der Waals surface area (Å²) in [7, 11) is -3.72. The lowest BCUT2D eigenvalue weighted by molar-refractivity contribution is 0.459. The maximum atomic E-state index is 14.3. The van der Waals surface area contributed by atoms with Crippen LogP contribution in [-0.2, 0) is 15.4 Å². The Morgan fingerprint density at radius 2 is 1.72 bits per heavy atom. The van der Waals surface area contributed by atoms with Crippen molar-refractivity contribution in [2.75, 3.05) is 6.54 Å². The number of rotatable bonds is 5. The minimum absolute atomic E-state index is 0.0565. The number of halogens is 3. The van der Waals surface area contributed by atoms with Gasteiger partial charge in [-0.15, -0.1) is 0 Å². The molecule has 0 spiro atoms. The third-order valence-corrected chi connectivity index (χ3v) is 6.99. The number of hydrogen-bond donors (Lipinski definition) is 1. The lowest BCUT2D eigenvalue weighted by Gasteiger charge is -2.22. The standard InChI is InChI=1S/C18H18BrF2NO2S/c1-17(2)10-18(17,15-8-5-13(20)9-16(15)21)11-22-25(23,24)14-6-3-12(19)4-7-14/h3-9,22H,10-11H2,1-2H3. The minimum atomic E-state index is -3.72. The van der Waals surface area contributed by atoms with Gasteiger partial charge in [-0.25, -0.2) is 21.9 Å². The van der Waals surface area contributed by atoms with E-state index in [1.807, 2.05) is 13.8 Å². The van der Waals surface area contributed by atoms with E-state index in [-0.39, 0.29) is 16.9 Å². The molecule has 2 aromatic carbocycles. The van der Waals surface area contributed by atoms with E-state index in [0.717, 1.165) is 10.5 Å². The molecule has 1 fully saturated rings. The van der Waals surface area contributed by atoms with E-state index in [1.54, 1.807) is 12.1 Å². The van der Waals surface area contributed by atoms with Gasteiger partial charge >= 0.3 is 0 Å². The maximum Gasteiger partial charge on any atom is 0.240 e. The van der Waals surface area contributed by atoms with Crippen molar-refractivity contribution < 1.29 is 17.2 Å². The molecule has 1 aliphatic carbocycles. The SMILES string of the molecule is CC1(C)CC1(CNS(=O)(=O)c1ccc(Br)cc1)c1ccc(F)cc1F. The van der Waals surface area contributed by atoms with Crippen LogP contribution in [0.3, 0.4) is 0 Å². The van der Waals surface area contributed by atoms with Gasteiger partial charge in [-0.3, -0.25) is 0 Å². The van der Waals surface area contributed by atoms with Crippen LogP contribution in [0.5, 0.6) is 0 Å². The average Bonchev–Trinajstić information content (AvgIpc) is 3.08. The van der Waals surface area contributed by atoms with E-state index in [4.69, 9.17) is 0 Å². The molecule has 0 radical (unpaired) electrons. The molecule has 3 nitrogen and oxygen atoms in total. The summed E-state index contributed by atoms with van der Waals surface area (Å²) >= 11 is 3.26. The second-order valence-electron chi connectivity index (χ2n) is 7.05. The van der Waals surface area contributed by atoms with Crippen LogP contribution in [0.2, 0.25) is 0 Å². The molecule has 7 heteroatoms. The molecule has 1 atom stereocenters. The zero-order valence-electron chi connectivity index (χ0n) is 13.8. The number of hydrogen-bond acceptors (Lipinski definition) is 2. The van der Waals surface area contributed by atoms with Gasteiger partial charge in [0, 0.05) is 22.5 Å². The fraction of sp³-hybridized carbons (Fsp3) is 0.333. The second-order valence-corrected chi connectivity index (χ2v) is 9.73. The van der Waals surface area contributed by atoms with Crippen molar-refractivity contribution >= 4 is 26.0 Å². The highest BCUT2D eigenvalue weighted by Gasteiger charge is 2.62. The first-order valence-electron chi connectivity index (χ1n) is 7.78. The third-order valence-electron chi connectivity index (χ3n) is 5.05. The molecule has 0 heterocycles.